The Balaban J connectivity index is 1.61. The molecule has 10 heteroatoms. The van der Waals surface area contributed by atoms with E-state index in [2.05, 4.69) is 20.9 Å². The zero-order chi connectivity index (χ0) is 24.7. The van der Waals surface area contributed by atoms with Crippen LogP contribution in [0.4, 0.5) is 5.69 Å². The molecule has 0 spiro atoms. The number of rotatable bonds is 12. The van der Waals surface area contributed by atoms with E-state index >= 15 is 0 Å². The van der Waals surface area contributed by atoms with Crippen LogP contribution in [0.15, 0.2) is 58.6 Å². The quantitative estimate of drug-likeness (QED) is 0.141. The Morgan fingerprint density at radius 1 is 1.29 bits per heavy atom. The first kappa shape index (κ1) is 24.5. The fourth-order valence-electron chi connectivity index (χ4n) is 3.95. The zero-order valence-corrected chi connectivity index (χ0v) is 19.7. The number of amides is 1. The fourth-order valence-corrected chi connectivity index (χ4v) is 3.95. The van der Waals surface area contributed by atoms with Gasteiger partial charge in [0.2, 0.25) is 5.90 Å². The van der Waals surface area contributed by atoms with Crippen molar-refractivity contribution in [3.63, 3.8) is 0 Å². The second kappa shape index (κ2) is 11.2. The molecule has 1 fully saturated rings. The van der Waals surface area contributed by atoms with Crippen LogP contribution < -0.4 is 15.6 Å². The van der Waals surface area contributed by atoms with Gasteiger partial charge in [-0.1, -0.05) is 29.4 Å². The number of ether oxygens (including phenoxy) is 2. The van der Waals surface area contributed by atoms with E-state index in [1.807, 2.05) is 31.2 Å². The van der Waals surface area contributed by atoms with Crippen molar-refractivity contribution >= 4 is 17.5 Å². The number of nitrogens with zero attached hydrogens (tertiary/aromatic N) is 4. The molecule has 1 saturated carbocycles. The van der Waals surface area contributed by atoms with Gasteiger partial charge >= 0.3 is 0 Å². The van der Waals surface area contributed by atoms with Crippen LogP contribution in [-0.4, -0.2) is 48.3 Å². The molecule has 0 radical (unpaired) electrons. The lowest BCUT2D eigenvalue weighted by atomic mass is 9.85. The summed E-state index contributed by atoms with van der Waals surface area (Å²) in [5.41, 5.74) is 15.5. The Bertz CT molecular complexity index is 1110. The Kier molecular flexibility index (Phi) is 7.87. The molecule has 1 heterocycles. The van der Waals surface area contributed by atoms with E-state index in [0.29, 0.717) is 48.4 Å². The topological polar surface area (TPSA) is 141 Å². The van der Waals surface area contributed by atoms with Gasteiger partial charge in [0.1, 0.15) is 11.9 Å². The molecular formula is C25H30N6O4. The van der Waals surface area contributed by atoms with Crippen molar-refractivity contribution in [3.05, 3.63) is 70.1 Å². The van der Waals surface area contributed by atoms with E-state index in [9.17, 15) is 4.79 Å². The van der Waals surface area contributed by atoms with Gasteiger partial charge in [0, 0.05) is 42.2 Å². The summed E-state index contributed by atoms with van der Waals surface area (Å²) in [5.74, 6) is 1.31. The van der Waals surface area contributed by atoms with Gasteiger partial charge in [0.25, 0.3) is 5.91 Å². The van der Waals surface area contributed by atoms with Crippen LogP contribution in [0.5, 0.6) is 5.75 Å². The smallest absolute Gasteiger partial charge is 0.266 e. The average molecular weight is 479 g/mol. The molecule has 4 rings (SSSR count). The number of hydrogen-bond acceptors (Lipinski definition) is 7. The summed E-state index contributed by atoms with van der Waals surface area (Å²) in [4.78, 5) is 21.3. The SMILES string of the molecule is C[C@@H]1OC(c2ccc(OCCCO)cc2)=N[C@]1(Cc1ccccc1N=[N+]=[N-])C(=O)NNCC1CC1. The van der Waals surface area contributed by atoms with E-state index < -0.39 is 11.6 Å². The molecule has 1 amide bonds. The maximum Gasteiger partial charge on any atom is 0.266 e. The van der Waals surface area contributed by atoms with Gasteiger partial charge in [0.15, 0.2) is 5.54 Å². The van der Waals surface area contributed by atoms with Crippen molar-refractivity contribution in [2.75, 3.05) is 19.8 Å². The Morgan fingerprint density at radius 2 is 2.06 bits per heavy atom. The number of benzene rings is 2. The van der Waals surface area contributed by atoms with Gasteiger partial charge in [0.05, 0.1) is 6.61 Å². The number of aliphatic hydroxyl groups excluding tert-OH is 1. The molecule has 3 N–H and O–H groups in total. The third-order valence-electron chi connectivity index (χ3n) is 6.22. The third-order valence-corrected chi connectivity index (χ3v) is 6.22. The molecule has 2 aromatic carbocycles. The molecule has 184 valence electrons. The second-order valence-electron chi connectivity index (χ2n) is 8.82. The third kappa shape index (κ3) is 5.92. The van der Waals surface area contributed by atoms with E-state index in [0.717, 1.165) is 18.4 Å². The predicted molar refractivity (Wildman–Crippen MR) is 131 cm³/mol. The van der Waals surface area contributed by atoms with Crippen molar-refractivity contribution in [2.24, 2.45) is 16.0 Å². The molecular weight excluding hydrogens is 448 g/mol. The lowest BCUT2D eigenvalue weighted by molar-refractivity contribution is -0.129. The van der Waals surface area contributed by atoms with Crippen LogP contribution in [-0.2, 0) is 16.0 Å². The minimum Gasteiger partial charge on any atom is -0.494 e. The molecule has 0 aromatic heterocycles. The highest BCUT2D eigenvalue weighted by atomic mass is 16.5. The summed E-state index contributed by atoms with van der Waals surface area (Å²) >= 11 is 0. The molecule has 1 aliphatic carbocycles. The molecule has 35 heavy (non-hydrogen) atoms. The maximum absolute atomic E-state index is 13.5. The van der Waals surface area contributed by atoms with E-state index in [-0.39, 0.29) is 18.9 Å². The first-order valence-electron chi connectivity index (χ1n) is 11.8. The molecule has 1 aliphatic heterocycles. The van der Waals surface area contributed by atoms with Crippen molar-refractivity contribution < 1.29 is 19.4 Å². The highest BCUT2D eigenvalue weighted by Crippen LogP contribution is 2.35. The standard InChI is InChI=1S/C25H30N6O4/c1-17-25(24(33)30-27-16-18-7-8-18,15-20-5-2-3-6-22(20)29-31-26)28-23(35-17)19-9-11-21(12-10-19)34-14-4-13-32/h2-3,5-6,9-12,17-18,27,32H,4,7-8,13-16H2,1H3,(H,30,33)/t17-,25-/m0/s1. The lowest BCUT2D eigenvalue weighted by Gasteiger charge is -2.28. The Hall–Kier alpha value is -3.59. The predicted octanol–water partition coefficient (Wildman–Crippen LogP) is 3.57. The first-order chi connectivity index (χ1) is 17.1. The van der Waals surface area contributed by atoms with Crippen LogP contribution in [0.3, 0.4) is 0 Å². The number of carbonyl (C=O) groups excluding carboxylic acids is 1. The summed E-state index contributed by atoms with van der Waals surface area (Å²) in [6.45, 7) is 3.02. The molecule has 0 unspecified atom stereocenters. The van der Waals surface area contributed by atoms with Crippen LogP contribution in [0.25, 0.3) is 10.4 Å². The highest BCUT2D eigenvalue weighted by molar-refractivity contribution is 6.00. The van der Waals surface area contributed by atoms with E-state index in [1.165, 1.54) is 0 Å². The number of carbonyl (C=O) groups is 1. The summed E-state index contributed by atoms with van der Waals surface area (Å²) in [6, 6.07) is 14.4. The van der Waals surface area contributed by atoms with Crippen molar-refractivity contribution in [2.45, 2.75) is 44.2 Å². The Morgan fingerprint density at radius 3 is 2.77 bits per heavy atom. The number of aliphatic imine (C=N–C) groups is 1. The number of azide groups is 1. The minimum atomic E-state index is -1.26. The fraction of sp³-hybridized carbons (Fsp3) is 0.440. The van der Waals surface area contributed by atoms with Crippen LogP contribution in [0, 0.1) is 5.92 Å². The normalized spacial score (nSPS) is 21.0. The van der Waals surface area contributed by atoms with Gasteiger partial charge in [-0.2, -0.15) is 0 Å². The van der Waals surface area contributed by atoms with Gasteiger partial charge in [-0.3, -0.25) is 10.2 Å². The average Bonchev–Trinajstić information content (AvgIpc) is 3.63. The second-order valence-corrected chi connectivity index (χ2v) is 8.82. The summed E-state index contributed by atoms with van der Waals surface area (Å²) in [6.07, 6.45) is 2.51. The zero-order valence-electron chi connectivity index (χ0n) is 19.7. The molecule has 2 aromatic rings. The molecule has 0 saturated heterocycles. The number of nitrogens with one attached hydrogen (secondary N) is 2. The molecule has 2 atom stereocenters. The lowest BCUT2D eigenvalue weighted by Crippen LogP contribution is -2.56. The molecule has 2 aliphatic rings. The van der Waals surface area contributed by atoms with Crippen LogP contribution in [0.2, 0.25) is 0 Å². The maximum atomic E-state index is 13.5. The van der Waals surface area contributed by atoms with Gasteiger partial charge in [-0.25, -0.2) is 10.4 Å². The summed E-state index contributed by atoms with van der Waals surface area (Å²) in [7, 11) is 0. The summed E-state index contributed by atoms with van der Waals surface area (Å²) < 4.78 is 11.7. The summed E-state index contributed by atoms with van der Waals surface area (Å²) in [5, 5.41) is 12.7. The van der Waals surface area contributed by atoms with Gasteiger partial charge < -0.3 is 14.6 Å². The van der Waals surface area contributed by atoms with Gasteiger partial charge in [-0.15, -0.1) is 0 Å². The van der Waals surface area contributed by atoms with Gasteiger partial charge in [-0.05, 0) is 61.0 Å². The number of aliphatic hydroxyl groups is 1. The number of hydrogen-bond donors (Lipinski definition) is 3. The monoisotopic (exact) mass is 478 g/mol. The molecule has 10 nitrogen and oxygen atoms in total. The van der Waals surface area contributed by atoms with Crippen molar-refractivity contribution in [3.8, 4) is 5.75 Å². The highest BCUT2D eigenvalue weighted by Gasteiger charge is 2.50. The van der Waals surface area contributed by atoms with Crippen molar-refractivity contribution in [1.82, 2.24) is 10.9 Å². The minimum absolute atomic E-state index is 0.0725. The van der Waals surface area contributed by atoms with E-state index in [1.54, 1.807) is 24.3 Å². The van der Waals surface area contributed by atoms with Crippen LogP contribution >= 0.6 is 0 Å². The number of hydrazine groups is 1. The van der Waals surface area contributed by atoms with E-state index in [4.69, 9.17) is 25.1 Å². The Labute approximate surface area is 204 Å². The first-order valence-corrected chi connectivity index (χ1v) is 11.8. The largest absolute Gasteiger partial charge is 0.494 e. The van der Waals surface area contributed by atoms with Crippen LogP contribution in [0.1, 0.15) is 37.3 Å². The van der Waals surface area contributed by atoms with Crippen molar-refractivity contribution in [1.29, 1.82) is 0 Å². The molecule has 0 bridgehead atoms.